The molecule has 1 aromatic carbocycles. The average molecular weight is 462 g/mol. The first kappa shape index (κ1) is 23.6. The van der Waals surface area contributed by atoms with Gasteiger partial charge in [-0.05, 0) is 53.3 Å². The zero-order valence-electron chi connectivity index (χ0n) is 18.2. The molecule has 0 saturated heterocycles. The third kappa shape index (κ3) is 5.38. The van der Waals surface area contributed by atoms with Gasteiger partial charge in [-0.2, -0.15) is 8.42 Å². The monoisotopic (exact) mass is 461 g/mol. The summed E-state index contributed by atoms with van der Waals surface area (Å²) in [5.74, 6) is -1.34. The van der Waals surface area contributed by atoms with Crippen molar-refractivity contribution in [2.24, 2.45) is 0 Å². The molecule has 0 fully saturated rings. The molecule has 0 spiro atoms. The van der Waals surface area contributed by atoms with Crippen molar-refractivity contribution in [2.45, 2.75) is 33.1 Å². The topological polar surface area (TPSA) is 96.0 Å². The van der Waals surface area contributed by atoms with E-state index in [-0.39, 0.29) is 23.7 Å². The number of nitrogens with one attached hydrogen (secondary N) is 3. The lowest BCUT2D eigenvalue weighted by molar-refractivity contribution is 0.589. The Bertz CT molecular complexity index is 1230. The second-order valence-electron chi connectivity index (χ2n) is 7.61. The summed E-state index contributed by atoms with van der Waals surface area (Å²) in [5.41, 5.74) is 3.50. The van der Waals surface area contributed by atoms with E-state index in [9.17, 15) is 17.2 Å². The predicted molar refractivity (Wildman–Crippen MR) is 121 cm³/mol. The van der Waals surface area contributed by atoms with Crippen molar-refractivity contribution in [1.82, 2.24) is 14.7 Å². The molecule has 0 radical (unpaired) electrons. The van der Waals surface area contributed by atoms with Crippen LogP contribution in [0.2, 0.25) is 0 Å². The van der Waals surface area contributed by atoms with Crippen molar-refractivity contribution in [2.75, 3.05) is 17.1 Å². The Morgan fingerprint density at radius 3 is 2.47 bits per heavy atom. The molecule has 3 N–H and O–H groups in total. The van der Waals surface area contributed by atoms with Crippen molar-refractivity contribution in [3.8, 4) is 0 Å². The second-order valence-corrected chi connectivity index (χ2v) is 9.23. The van der Waals surface area contributed by atoms with Crippen LogP contribution in [0.1, 0.15) is 42.0 Å². The SMILES string of the molecule is CNS(=O)(=O)Nc1nccc(Cc2cncc(Nc3ccc(C(C)C)cc3F)c2C)c1F. The highest BCUT2D eigenvalue weighted by molar-refractivity contribution is 7.90. The summed E-state index contributed by atoms with van der Waals surface area (Å²) in [4.78, 5) is 7.96. The number of hydrogen-bond donors (Lipinski definition) is 3. The standard InChI is InChI=1S/C22H25F2N5O2S/c1-13(2)15-5-6-19(18(23)10-15)28-20-12-26-11-17(14(20)3)9-16-7-8-27-22(21(16)24)29-32(30,31)25-4/h5-8,10-13,25,28H,9H2,1-4H3,(H,27,29). The average Bonchev–Trinajstić information content (AvgIpc) is 2.74. The highest BCUT2D eigenvalue weighted by Gasteiger charge is 2.17. The van der Waals surface area contributed by atoms with E-state index in [1.165, 1.54) is 25.4 Å². The number of nitrogens with zero attached hydrogens (tertiary/aromatic N) is 2. The van der Waals surface area contributed by atoms with Gasteiger partial charge in [0.25, 0.3) is 10.2 Å². The molecular formula is C22H25F2N5O2S. The Balaban J connectivity index is 1.87. The van der Waals surface area contributed by atoms with Gasteiger partial charge in [0, 0.05) is 25.9 Å². The highest BCUT2D eigenvalue weighted by atomic mass is 32.2. The highest BCUT2D eigenvalue weighted by Crippen LogP contribution is 2.28. The van der Waals surface area contributed by atoms with E-state index in [1.54, 1.807) is 18.5 Å². The van der Waals surface area contributed by atoms with Crippen molar-refractivity contribution in [3.05, 3.63) is 76.7 Å². The third-order valence-corrected chi connectivity index (χ3v) is 6.10. The molecule has 32 heavy (non-hydrogen) atoms. The molecule has 0 aliphatic carbocycles. The van der Waals surface area contributed by atoms with Crippen LogP contribution in [0, 0.1) is 18.6 Å². The minimum atomic E-state index is -3.91. The molecule has 2 heterocycles. The quantitative estimate of drug-likeness (QED) is 0.462. The molecule has 0 saturated carbocycles. The summed E-state index contributed by atoms with van der Waals surface area (Å²) in [7, 11) is -2.70. The van der Waals surface area contributed by atoms with Crippen molar-refractivity contribution in [1.29, 1.82) is 0 Å². The number of hydrogen-bond acceptors (Lipinski definition) is 5. The van der Waals surface area contributed by atoms with Crippen LogP contribution in [0.25, 0.3) is 0 Å². The van der Waals surface area contributed by atoms with Crippen LogP contribution in [0.3, 0.4) is 0 Å². The fourth-order valence-electron chi connectivity index (χ4n) is 3.08. The van der Waals surface area contributed by atoms with Crippen LogP contribution in [-0.4, -0.2) is 25.4 Å². The van der Waals surface area contributed by atoms with Gasteiger partial charge in [0.2, 0.25) is 0 Å². The fourth-order valence-corrected chi connectivity index (χ4v) is 3.58. The van der Waals surface area contributed by atoms with Gasteiger partial charge in [0.15, 0.2) is 11.6 Å². The second kappa shape index (κ2) is 9.58. The smallest absolute Gasteiger partial charge is 0.300 e. The zero-order valence-corrected chi connectivity index (χ0v) is 19.0. The number of pyridine rings is 2. The summed E-state index contributed by atoms with van der Waals surface area (Å²) < 4.78 is 56.8. The Hall–Kier alpha value is -3.11. The number of halogens is 2. The molecule has 10 heteroatoms. The molecule has 0 unspecified atom stereocenters. The third-order valence-electron chi connectivity index (χ3n) is 5.10. The number of benzene rings is 1. The van der Waals surface area contributed by atoms with Crippen molar-refractivity contribution in [3.63, 3.8) is 0 Å². The molecule has 0 amide bonds. The van der Waals surface area contributed by atoms with Crippen LogP contribution in [0.4, 0.5) is 26.0 Å². The first-order chi connectivity index (χ1) is 15.1. The molecule has 3 rings (SSSR count). The van der Waals surface area contributed by atoms with E-state index in [0.717, 1.165) is 11.1 Å². The maximum absolute atomic E-state index is 14.9. The normalized spacial score (nSPS) is 11.6. The van der Waals surface area contributed by atoms with Crippen molar-refractivity contribution >= 4 is 27.4 Å². The van der Waals surface area contributed by atoms with Crippen molar-refractivity contribution < 1.29 is 17.2 Å². The largest absolute Gasteiger partial charge is 0.352 e. The summed E-state index contributed by atoms with van der Waals surface area (Å²) in [5, 5.41) is 3.05. The maximum atomic E-state index is 14.9. The molecule has 3 aromatic rings. The fraction of sp³-hybridized carbons (Fsp3) is 0.273. The first-order valence-corrected chi connectivity index (χ1v) is 11.4. The van der Waals surface area contributed by atoms with Crippen LogP contribution in [0.15, 0.2) is 42.9 Å². The molecule has 0 aliphatic rings. The van der Waals surface area contributed by atoms with Gasteiger partial charge in [-0.15, -0.1) is 0 Å². The summed E-state index contributed by atoms with van der Waals surface area (Å²) >= 11 is 0. The van der Waals surface area contributed by atoms with Gasteiger partial charge in [-0.25, -0.2) is 18.5 Å². The lowest BCUT2D eigenvalue weighted by atomic mass is 10.0. The number of rotatable bonds is 8. The van der Waals surface area contributed by atoms with E-state index in [4.69, 9.17) is 0 Å². The summed E-state index contributed by atoms with van der Waals surface area (Å²) in [6.45, 7) is 5.81. The maximum Gasteiger partial charge on any atom is 0.300 e. The minimum Gasteiger partial charge on any atom is -0.352 e. The molecule has 170 valence electrons. The Kier molecular flexibility index (Phi) is 7.05. The van der Waals surface area contributed by atoms with Crippen LogP contribution < -0.4 is 14.8 Å². The van der Waals surface area contributed by atoms with Gasteiger partial charge >= 0.3 is 0 Å². The lowest BCUT2D eigenvalue weighted by Gasteiger charge is -2.15. The Morgan fingerprint density at radius 1 is 1.06 bits per heavy atom. The number of aromatic nitrogens is 2. The van der Waals surface area contributed by atoms with E-state index < -0.39 is 21.8 Å². The Morgan fingerprint density at radius 2 is 1.81 bits per heavy atom. The lowest BCUT2D eigenvalue weighted by Crippen LogP contribution is -2.27. The predicted octanol–water partition coefficient (Wildman–Crippen LogP) is 4.40. The van der Waals surface area contributed by atoms with Gasteiger partial charge in [-0.3, -0.25) is 9.71 Å². The van der Waals surface area contributed by atoms with E-state index in [1.807, 2.05) is 36.3 Å². The van der Waals surface area contributed by atoms with Crippen LogP contribution in [-0.2, 0) is 16.6 Å². The van der Waals surface area contributed by atoms with Crippen LogP contribution in [0.5, 0.6) is 0 Å². The van der Waals surface area contributed by atoms with E-state index in [0.29, 0.717) is 16.9 Å². The first-order valence-electron chi connectivity index (χ1n) is 9.96. The molecule has 0 aliphatic heterocycles. The number of anilines is 3. The van der Waals surface area contributed by atoms with E-state index >= 15 is 0 Å². The summed E-state index contributed by atoms with van der Waals surface area (Å²) in [6, 6.07) is 6.51. The molecule has 0 bridgehead atoms. The van der Waals surface area contributed by atoms with E-state index in [2.05, 4.69) is 15.3 Å². The summed E-state index contributed by atoms with van der Waals surface area (Å²) in [6.07, 6.45) is 4.63. The molecule has 2 aromatic heterocycles. The van der Waals surface area contributed by atoms with Crippen LogP contribution >= 0.6 is 0 Å². The Labute approximate surface area is 186 Å². The minimum absolute atomic E-state index is 0.145. The van der Waals surface area contributed by atoms with Gasteiger partial charge < -0.3 is 5.32 Å². The van der Waals surface area contributed by atoms with Gasteiger partial charge in [0.05, 0.1) is 17.6 Å². The zero-order chi connectivity index (χ0) is 23.5. The molecular weight excluding hydrogens is 436 g/mol. The molecule has 0 atom stereocenters. The van der Waals surface area contributed by atoms with Gasteiger partial charge in [-0.1, -0.05) is 19.9 Å². The van der Waals surface area contributed by atoms with Gasteiger partial charge in [0.1, 0.15) is 5.82 Å². The molecule has 7 nitrogen and oxygen atoms in total.